The lowest BCUT2D eigenvalue weighted by molar-refractivity contribution is 0.631. The third kappa shape index (κ3) is 2.46. The molecular formula is C12H13FN2S. The second kappa shape index (κ2) is 5.18. The van der Waals surface area contributed by atoms with Gasteiger partial charge in [-0.2, -0.15) is 0 Å². The van der Waals surface area contributed by atoms with E-state index in [1.54, 1.807) is 23.5 Å². The molecule has 0 aliphatic carbocycles. The predicted molar refractivity (Wildman–Crippen MR) is 65.1 cm³/mol. The molecular weight excluding hydrogens is 223 g/mol. The number of nitrogens with zero attached hydrogens (tertiary/aromatic N) is 1. The van der Waals surface area contributed by atoms with Gasteiger partial charge in [0.1, 0.15) is 5.82 Å². The van der Waals surface area contributed by atoms with Crippen LogP contribution >= 0.6 is 11.3 Å². The molecule has 2 nitrogen and oxygen atoms in total. The van der Waals surface area contributed by atoms with Crippen LogP contribution < -0.4 is 5.32 Å². The molecule has 0 fully saturated rings. The molecule has 0 atom stereocenters. The zero-order valence-corrected chi connectivity index (χ0v) is 9.85. The van der Waals surface area contributed by atoms with Crippen molar-refractivity contribution in [3.8, 4) is 11.3 Å². The third-order valence-electron chi connectivity index (χ3n) is 2.29. The van der Waals surface area contributed by atoms with Gasteiger partial charge in [-0.05, 0) is 19.2 Å². The second-order valence-electron chi connectivity index (χ2n) is 3.46. The van der Waals surface area contributed by atoms with Crippen LogP contribution in [0, 0.1) is 5.82 Å². The van der Waals surface area contributed by atoms with Gasteiger partial charge < -0.3 is 5.32 Å². The molecule has 0 radical (unpaired) electrons. The summed E-state index contributed by atoms with van der Waals surface area (Å²) in [5.74, 6) is -0.215. The normalized spacial score (nSPS) is 10.6. The molecule has 0 spiro atoms. The Morgan fingerprint density at radius 3 is 2.94 bits per heavy atom. The van der Waals surface area contributed by atoms with Gasteiger partial charge in [0.2, 0.25) is 0 Å². The van der Waals surface area contributed by atoms with Crippen LogP contribution in [0.3, 0.4) is 0 Å². The van der Waals surface area contributed by atoms with Crippen molar-refractivity contribution in [2.75, 3.05) is 13.6 Å². The van der Waals surface area contributed by atoms with Crippen LogP contribution in [0.2, 0.25) is 0 Å². The van der Waals surface area contributed by atoms with E-state index in [2.05, 4.69) is 10.3 Å². The molecule has 4 heteroatoms. The van der Waals surface area contributed by atoms with Crippen LogP contribution in [0.15, 0.2) is 29.6 Å². The number of hydrogen-bond acceptors (Lipinski definition) is 3. The van der Waals surface area contributed by atoms with Gasteiger partial charge in [0.25, 0.3) is 0 Å². The highest BCUT2D eigenvalue weighted by Crippen LogP contribution is 2.24. The van der Waals surface area contributed by atoms with Crippen molar-refractivity contribution >= 4 is 11.3 Å². The van der Waals surface area contributed by atoms with Gasteiger partial charge in [0.05, 0.1) is 10.7 Å². The lowest BCUT2D eigenvalue weighted by Gasteiger charge is -1.98. The quantitative estimate of drug-likeness (QED) is 0.883. The van der Waals surface area contributed by atoms with Gasteiger partial charge in [-0.3, -0.25) is 0 Å². The summed E-state index contributed by atoms with van der Waals surface area (Å²) in [6.07, 6.45) is 0.885. The molecule has 2 aromatic rings. The van der Waals surface area contributed by atoms with Gasteiger partial charge in [-0.15, -0.1) is 11.3 Å². The topological polar surface area (TPSA) is 24.9 Å². The van der Waals surface area contributed by atoms with Crippen molar-refractivity contribution in [1.82, 2.24) is 10.3 Å². The number of hydrogen-bond donors (Lipinski definition) is 1. The lowest BCUT2D eigenvalue weighted by Crippen LogP contribution is -2.09. The lowest BCUT2D eigenvalue weighted by atomic mass is 10.1. The van der Waals surface area contributed by atoms with Crippen molar-refractivity contribution in [2.45, 2.75) is 6.42 Å². The molecule has 2 rings (SSSR count). The molecule has 84 valence electrons. The first-order valence-electron chi connectivity index (χ1n) is 5.15. The number of thiazole rings is 1. The van der Waals surface area contributed by atoms with Crippen molar-refractivity contribution in [2.24, 2.45) is 0 Å². The fourth-order valence-corrected chi connectivity index (χ4v) is 2.25. The number of likely N-dealkylation sites (N-methyl/N-ethyl adjacent to an activating group) is 1. The Balaban J connectivity index is 2.22. The van der Waals surface area contributed by atoms with Gasteiger partial charge in [0.15, 0.2) is 0 Å². The van der Waals surface area contributed by atoms with E-state index in [1.165, 1.54) is 6.07 Å². The van der Waals surface area contributed by atoms with Crippen LogP contribution in [0.25, 0.3) is 11.3 Å². The molecule has 0 unspecified atom stereocenters. The Morgan fingerprint density at radius 1 is 1.38 bits per heavy atom. The molecule has 0 aliphatic rings. The molecule has 0 saturated carbocycles. The van der Waals surface area contributed by atoms with E-state index in [4.69, 9.17) is 0 Å². The van der Waals surface area contributed by atoms with Gasteiger partial charge in [0, 0.05) is 23.9 Å². The molecule has 0 saturated heterocycles. The van der Waals surface area contributed by atoms with E-state index in [-0.39, 0.29) is 5.82 Å². The Hall–Kier alpha value is -1.26. The maximum absolute atomic E-state index is 13.5. The van der Waals surface area contributed by atoms with Gasteiger partial charge >= 0.3 is 0 Å². The zero-order valence-electron chi connectivity index (χ0n) is 9.03. The smallest absolute Gasteiger partial charge is 0.132 e. The fraction of sp³-hybridized carbons (Fsp3) is 0.250. The minimum atomic E-state index is -0.215. The van der Waals surface area contributed by atoms with Crippen molar-refractivity contribution in [3.63, 3.8) is 0 Å². The predicted octanol–water partition coefficient (Wildman–Crippen LogP) is 2.71. The van der Waals surface area contributed by atoms with Crippen LogP contribution in [0.1, 0.15) is 5.01 Å². The summed E-state index contributed by atoms with van der Waals surface area (Å²) in [5.41, 5.74) is 1.31. The summed E-state index contributed by atoms with van der Waals surface area (Å²) >= 11 is 1.58. The van der Waals surface area contributed by atoms with Gasteiger partial charge in [-0.25, -0.2) is 9.37 Å². The maximum Gasteiger partial charge on any atom is 0.132 e. The summed E-state index contributed by atoms with van der Waals surface area (Å²) in [6.45, 7) is 0.893. The fourth-order valence-electron chi connectivity index (χ4n) is 1.45. The number of nitrogens with one attached hydrogen (secondary N) is 1. The van der Waals surface area contributed by atoms with Crippen molar-refractivity contribution in [3.05, 3.63) is 40.5 Å². The van der Waals surface area contributed by atoms with Crippen LogP contribution in [0.5, 0.6) is 0 Å². The highest BCUT2D eigenvalue weighted by molar-refractivity contribution is 7.09. The Bertz CT molecular complexity index is 468. The molecule has 16 heavy (non-hydrogen) atoms. The first-order chi connectivity index (χ1) is 7.81. The SMILES string of the molecule is CNCCc1nc(-c2ccccc2F)cs1. The Morgan fingerprint density at radius 2 is 2.19 bits per heavy atom. The molecule has 0 aliphatic heterocycles. The van der Waals surface area contributed by atoms with E-state index < -0.39 is 0 Å². The first kappa shape index (κ1) is 11.2. The standard InChI is InChI=1S/C12H13FN2S/c1-14-7-6-12-15-11(8-16-12)9-4-2-3-5-10(9)13/h2-5,8,14H,6-7H2,1H3. The molecule has 1 N–H and O–H groups in total. The monoisotopic (exact) mass is 236 g/mol. The minimum Gasteiger partial charge on any atom is -0.319 e. The Labute approximate surface area is 98.2 Å². The van der Waals surface area contributed by atoms with E-state index in [0.717, 1.165) is 23.7 Å². The highest BCUT2D eigenvalue weighted by Gasteiger charge is 2.08. The zero-order chi connectivity index (χ0) is 11.4. The highest BCUT2D eigenvalue weighted by atomic mass is 32.1. The summed E-state index contributed by atoms with van der Waals surface area (Å²) in [5, 5.41) is 6.01. The average Bonchev–Trinajstić information content (AvgIpc) is 2.75. The van der Waals surface area contributed by atoms with E-state index in [1.807, 2.05) is 18.5 Å². The van der Waals surface area contributed by atoms with Crippen molar-refractivity contribution < 1.29 is 4.39 Å². The summed E-state index contributed by atoms with van der Waals surface area (Å²) in [4.78, 5) is 4.42. The molecule has 1 aromatic heterocycles. The number of halogens is 1. The van der Waals surface area contributed by atoms with E-state index in [0.29, 0.717) is 5.56 Å². The van der Waals surface area contributed by atoms with Crippen LogP contribution in [-0.4, -0.2) is 18.6 Å². The summed E-state index contributed by atoms with van der Waals surface area (Å²) in [7, 11) is 1.91. The number of benzene rings is 1. The summed E-state index contributed by atoms with van der Waals surface area (Å²) < 4.78 is 13.5. The minimum absolute atomic E-state index is 0.215. The summed E-state index contributed by atoms with van der Waals surface area (Å²) in [6, 6.07) is 6.73. The van der Waals surface area contributed by atoms with E-state index >= 15 is 0 Å². The van der Waals surface area contributed by atoms with Crippen LogP contribution in [-0.2, 0) is 6.42 Å². The second-order valence-corrected chi connectivity index (χ2v) is 4.40. The number of aromatic nitrogens is 1. The average molecular weight is 236 g/mol. The molecule has 1 aromatic carbocycles. The Kier molecular flexibility index (Phi) is 3.64. The molecule has 0 amide bonds. The number of rotatable bonds is 4. The third-order valence-corrected chi connectivity index (χ3v) is 3.20. The van der Waals surface area contributed by atoms with E-state index in [9.17, 15) is 4.39 Å². The largest absolute Gasteiger partial charge is 0.319 e. The molecule has 1 heterocycles. The van der Waals surface area contributed by atoms with Crippen molar-refractivity contribution in [1.29, 1.82) is 0 Å². The molecule has 0 bridgehead atoms. The first-order valence-corrected chi connectivity index (χ1v) is 6.03. The van der Waals surface area contributed by atoms with Crippen LogP contribution in [0.4, 0.5) is 4.39 Å². The maximum atomic E-state index is 13.5. The van der Waals surface area contributed by atoms with Gasteiger partial charge in [-0.1, -0.05) is 12.1 Å².